The van der Waals surface area contributed by atoms with Crippen molar-refractivity contribution in [1.82, 2.24) is 5.32 Å². The lowest BCUT2D eigenvalue weighted by Crippen LogP contribution is -2.27. The van der Waals surface area contributed by atoms with Crippen LogP contribution in [0.5, 0.6) is 0 Å². The maximum absolute atomic E-state index is 13.7. The molecule has 0 radical (unpaired) electrons. The SMILES string of the molecule is Cc1ccc(F)c(C(=O)NC(C)c2ccc(C)c(F)c2)c1. The molecule has 4 heteroatoms. The first-order valence-corrected chi connectivity index (χ1v) is 6.71. The summed E-state index contributed by atoms with van der Waals surface area (Å²) < 4.78 is 27.2. The van der Waals surface area contributed by atoms with E-state index in [0.29, 0.717) is 11.1 Å². The van der Waals surface area contributed by atoms with Gasteiger partial charge in [0.1, 0.15) is 11.6 Å². The summed E-state index contributed by atoms with van der Waals surface area (Å²) in [5, 5.41) is 2.68. The highest BCUT2D eigenvalue weighted by Crippen LogP contribution is 2.18. The zero-order chi connectivity index (χ0) is 15.6. The second-order valence-corrected chi connectivity index (χ2v) is 5.19. The molecule has 0 fully saturated rings. The Morgan fingerprint density at radius 3 is 2.43 bits per heavy atom. The van der Waals surface area contributed by atoms with Gasteiger partial charge in [0.15, 0.2) is 0 Å². The molecule has 2 nitrogen and oxygen atoms in total. The van der Waals surface area contributed by atoms with Gasteiger partial charge in [-0.15, -0.1) is 0 Å². The molecule has 0 aliphatic carbocycles. The second kappa shape index (κ2) is 6.04. The summed E-state index contributed by atoms with van der Waals surface area (Å²) in [6, 6.07) is 8.73. The number of amides is 1. The summed E-state index contributed by atoms with van der Waals surface area (Å²) in [6.07, 6.45) is 0. The molecule has 0 heterocycles. The second-order valence-electron chi connectivity index (χ2n) is 5.19. The minimum Gasteiger partial charge on any atom is -0.345 e. The number of nitrogens with one attached hydrogen (secondary N) is 1. The molecule has 0 saturated heterocycles. The van der Waals surface area contributed by atoms with Crippen molar-refractivity contribution in [3.8, 4) is 0 Å². The van der Waals surface area contributed by atoms with Gasteiger partial charge in [-0.3, -0.25) is 4.79 Å². The van der Waals surface area contributed by atoms with Crippen molar-refractivity contribution in [3.63, 3.8) is 0 Å². The Morgan fingerprint density at radius 1 is 1.05 bits per heavy atom. The Bertz CT molecular complexity index is 682. The fourth-order valence-electron chi connectivity index (χ4n) is 2.05. The molecule has 1 unspecified atom stereocenters. The van der Waals surface area contributed by atoms with Gasteiger partial charge in [-0.2, -0.15) is 0 Å². The van der Waals surface area contributed by atoms with Crippen LogP contribution >= 0.6 is 0 Å². The Labute approximate surface area is 122 Å². The van der Waals surface area contributed by atoms with Crippen LogP contribution in [0.3, 0.4) is 0 Å². The normalized spacial score (nSPS) is 12.0. The highest BCUT2D eigenvalue weighted by Gasteiger charge is 2.16. The maximum Gasteiger partial charge on any atom is 0.254 e. The van der Waals surface area contributed by atoms with Crippen LogP contribution in [0.15, 0.2) is 36.4 Å². The van der Waals surface area contributed by atoms with Gasteiger partial charge in [-0.05, 0) is 50.1 Å². The van der Waals surface area contributed by atoms with Crippen molar-refractivity contribution in [2.45, 2.75) is 26.8 Å². The van der Waals surface area contributed by atoms with E-state index in [4.69, 9.17) is 0 Å². The van der Waals surface area contributed by atoms with E-state index in [1.54, 1.807) is 39.0 Å². The van der Waals surface area contributed by atoms with Crippen molar-refractivity contribution >= 4 is 5.91 Å². The third-order valence-electron chi connectivity index (χ3n) is 3.41. The highest BCUT2D eigenvalue weighted by atomic mass is 19.1. The maximum atomic E-state index is 13.7. The smallest absolute Gasteiger partial charge is 0.254 e. The van der Waals surface area contributed by atoms with Crippen LogP contribution in [0.1, 0.15) is 40.0 Å². The van der Waals surface area contributed by atoms with Gasteiger partial charge in [0.25, 0.3) is 5.91 Å². The molecule has 1 amide bonds. The van der Waals surface area contributed by atoms with Crippen LogP contribution in [0.25, 0.3) is 0 Å². The molecule has 2 aromatic rings. The lowest BCUT2D eigenvalue weighted by molar-refractivity contribution is 0.0935. The molecule has 2 rings (SSSR count). The number of rotatable bonds is 3. The van der Waals surface area contributed by atoms with Crippen LogP contribution in [0.2, 0.25) is 0 Å². The molecule has 21 heavy (non-hydrogen) atoms. The van der Waals surface area contributed by atoms with E-state index in [2.05, 4.69) is 5.32 Å². The average Bonchev–Trinajstić information content (AvgIpc) is 2.44. The Balaban J connectivity index is 2.18. The first kappa shape index (κ1) is 15.2. The summed E-state index contributed by atoms with van der Waals surface area (Å²) in [6.45, 7) is 5.19. The molecule has 0 saturated carbocycles. The zero-order valence-electron chi connectivity index (χ0n) is 12.2. The zero-order valence-corrected chi connectivity index (χ0v) is 12.2. The molecule has 2 aromatic carbocycles. The fraction of sp³-hybridized carbons (Fsp3) is 0.235. The molecule has 0 aliphatic heterocycles. The van der Waals surface area contributed by atoms with Crippen LogP contribution in [-0.4, -0.2) is 5.91 Å². The van der Waals surface area contributed by atoms with Gasteiger partial charge < -0.3 is 5.32 Å². The Morgan fingerprint density at radius 2 is 1.76 bits per heavy atom. The molecular weight excluding hydrogens is 272 g/mol. The minimum atomic E-state index is -0.569. The molecule has 0 bridgehead atoms. The number of benzene rings is 2. The predicted octanol–water partition coefficient (Wildman–Crippen LogP) is 4.07. The predicted molar refractivity (Wildman–Crippen MR) is 78.2 cm³/mol. The standard InChI is InChI=1S/C17H17F2NO/c1-10-4-7-15(18)14(8-10)17(21)20-12(3)13-6-5-11(2)16(19)9-13/h4-9,12H,1-3H3,(H,20,21). The third-order valence-corrected chi connectivity index (χ3v) is 3.41. The van der Waals surface area contributed by atoms with Crippen molar-refractivity contribution < 1.29 is 13.6 Å². The molecule has 0 aromatic heterocycles. The quantitative estimate of drug-likeness (QED) is 0.906. The van der Waals surface area contributed by atoms with E-state index in [0.717, 1.165) is 5.56 Å². The number of carbonyl (C=O) groups excluding carboxylic acids is 1. The number of halogens is 2. The van der Waals surface area contributed by atoms with Crippen molar-refractivity contribution in [3.05, 3.63) is 70.3 Å². The van der Waals surface area contributed by atoms with Crippen LogP contribution < -0.4 is 5.32 Å². The lowest BCUT2D eigenvalue weighted by Gasteiger charge is -2.15. The third kappa shape index (κ3) is 3.45. The minimum absolute atomic E-state index is 0.00515. The van der Waals surface area contributed by atoms with Gasteiger partial charge in [0, 0.05) is 0 Å². The van der Waals surface area contributed by atoms with E-state index < -0.39 is 17.8 Å². The first-order chi connectivity index (χ1) is 9.88. The summed E-state index contributed by atoms with van der Waals surface area (Å²) in [4.78, 5) is 12.1. The van der Waals surface area contributed by atoms with Crippen LogP contribution in [-0.2, 0) is 0 Å². The lowest BCUT2D eigenvalue weighted by atomic mass is 10.0. The molecule has 110 valence electrons. The monoisotopic (exact) mass is 289 g/mol. The molecule has 1 N–H and O–H groups in total. The van der Waals surface area contributed by atoms with Crippen LogP contribution in [0.4, 0.5) is 8.78 Å². The van der Waals surface area contributed by atoms with Gasteiger partial charge >= 0.3 is 0 Å². The molecule has 1 atom stereocenters. The van der Waals surface area contributed by atoms with Gasteiger partial charge in [0.05, 0.1) is 11.6 Å². The molecular formula is C17H17F2NO. The fourth-order valence-corrected chi connectivity index (χ4v) is 2.05. The van der Waals surface area contributed by atoms with E-state index in [1.807, 2.05) is 0 Å². The van der Waals surface area contributed by atoms with E-state index in [1.165, 1.54) is 18.2 Å². The molecule has 0 aliphatic rings. The number of aryl methyl sites for hydroxylation is 2. The Hall–Kier alpha value is -2.23. The number of carbonyl (C=O) groups is 1. The van der Waals surface area contributed by atoms with Crippen molar-refractivity contribution in [2.75, 3.05) is 0 Å². The van der Waals surface area contributed by atoms with Gasteiger partial charge in [-0.1, -0.05) is 23.8 Å². The number of hydrogen-bond acceptors (Lipinski definition) is 1. The van der Waals surface area contributed by atoms with Gasteiger partial charge in [0.2, 0.25) is 0 Å². The largest absolute Gasteiger partial charge is 0.345 e. The van der Waals surface area contributed by atoms with E-state index in [9.17, 15) is 13.6 Å². The van der Waals surface area contributed by atoms with Gasteiger partial charge in [-0.25, -0.2) is 8.78 Å². The Kier molecular flexibility index (Phi) is 4.36. The average molecular weight is 289 g/mol. The first-order valence-electron chi connectivity index (χ1n) is 6.71. The summed E-state index contributed by atoms with van der Waals surface area (Å²) in [7, 11) is 0. The topological polar surface area (TPSA) is 29.1 Å². The summed E-state index contributed by atoms with van der Waals surface area (Å²) in [5.74, 6) is -1.40. The summed E-state index contributed by atoms with van der Waals surface area (Å²) in [5.41, 5.74) is 1.98. The van der Waals surface area contributed by atoms with E-state index in [-0.39, 0.29) is 11.4 Å². The van der Waals surface area contributed by atoms with Crippen molar-refractivity contribution in [1.29, 1.82) is 0 Å². The van der Waals surface area contributed by atoms with E-state index >= 15 is 0 Å². The summed E-state index contributed by atoms with van der Waals surface area (Å²) >= 11 is 0. The van der Waals surface area contributed by atoms with Crippen molar-refractivity contribution in [2.24, 2.45) is 0 Å². The van der Waals surface area contributed by atoms with Crippen LogP contribution in [0, 0.1) is 25.5 Å². The number of hydrogen-bond donors (Lipinski definition) is 1. The molecule has 0 spiro atoms. The highest BCUT2D eigenvalue weighted by molar-refractivity contribution is 5.94.